The molecule has 5 heteroatoms. The normalized spacial score (nSPS) is 12.5. The number of hydrogen-bond donors (Lipinski definition) is 1. The molecule has 0 saturated carbocycles. The molecule has 0 aliphatic rings. The van der Waals surface area contributed by atoms with Crippen molar-refractivity contribution in [3.05, 3.63) is 70.3 Å². The molecule has 0 aromatic heterocycles. The van der Waals surface area contributed by atoms with Gasteiger partial charge in [0.25, 0.3) is 0 Å². The summed E-state index contributed by atoms with van der Waals surface area (Å²) in [5, 5.41) is 9.91. The van der Waals surface area contributed by atoms with Crippen molar-refractivity contribution in [3.8, 4) is 0 Å². The maximum absolute atomic E-state index is 13.7. The summed E-state index contributed by atoms with van der Waals surface area (Å²) in [5.41, 5.74) is -0.283. The van der Waals surface area contributed by atoms with Crippen LogP contribution in [-0.4, -0.2) is 5.11 Å². The second-order valence-electron chi connectivity index (χ2n) is 4.18. The van der Waals surface area contributed by atoms with Gasteiger partial charge in [-0.25, -0.2) is 17.6 Å². The van der Waals surface area contributed by atoms with E-state index in [1.165, 1.54) is 19.1 Å². The van der Waals surface area contributed by atoms with Crippen molar-refractivity contribution in [3.63, 3.8) is 0 Å². The summed E-state index contributed by atoms with van der Waals surface area (Å²) in [7, 11) is 0. The number of aliphatic hydroxyl groups is 1. The van der Waals surface area contributed by atoms with Crippen molar-refractivity contribution in [2.75, 3.05) is 0 Å². The molecule has 0 spiro atoms. The van der Waals surface area contributed by atoms with Crippen LogP contribution in [0.25, 0.3) is 0 Å². The van der Waals surface area contributed by atoms with Gasteiger partial charge in [-0.1, -0.05) is 18.2 Å². The van der Waals surface area contributed by atoms with E-state index in [-0.39, 0.29) is 16.7 Å². The lowest BCUT2D eigenvalue weighted by Gasteiger charge is -2.13. The molecule has 0 radical (unpaired) electrons. The monoisotopic (exact) mass is 270 g/mol. The van der Waals surface area contributed by atoms with Crippen LogP contribution in [-0.2, 0) is 0 Å². The molecule has 1 nitrogen and oxygen atoms in total. The minimum Gasteiger partial charge on any atom is -0.384 e. The van der Waals surface area contributed by atoms with Gasteiger partial charge >= 0.3 is 0 Å². The Bertz CT molecular complexity index is 625. The minimum atomic E-state index is -1.56. The average Bonchev–Trinajstić information content (AvgIpc) is 2.39. The highest BCUT2D eigenvalue weighted by Gasteiger charge is 2.20. The molecule has 1 unspecified atom stereocenters. The molecular formula is C14H10F4O. The van der Waals surface area contributed by atoms with E-state index < -0.39 is 29.4 Å². The summed E-state index contributed by atoms with van der Waals surface area (Å²) in [6, 6.07) is 5.18. The largest absolute Gasteiger partial charge is 0.384 e. The lowest BCUT2D eigenvalue weighted by Crippen LogP contribution is -2.06. The van der Waals surface area contributed by atoms with Gasteiger partial charge in [0.05, 0.1) is 0 Å². The standard InChI is InChI=1S/C14H10F4O/c1-7-2-4-9(13(18)12(7)17)14(19)8-3-5-10(15)11(16)6-8/h2-6,14,19H,1H3. The molecule has 100 valence electrons. The van der Waals surface area contributed by atoms with Crippen LogP contribution in [0.5, 0.6) is 0 Å². The molecule has 0 aliphatic carbocycles. The maximum Gasteiger partial charge on any atom is 0.165 e. The molecule has 0 aliphatic heterocycles. The molecule has 19 heavy (non-hydrogen) atoms. The van der Waals surface area contributed by atoms with Crippen LogP contribution in [0, 0.1) is 30.2 Å². The lowest BCUT2D eigenvalue weighted by molar-refractivity contribution is 0.212. The van der Waals surface area contributed by atoms with E-state index >= 15 is 0 Å². The van der Waals surface area contributed by atoms with Crippen molar-refractivity contribution < 1.29 is 22.7 Å². The molecule has 0 bridgehead atoms. The summed E-state index contributed by atoms with van der Waals surface area (Å²) in [6.07, 6.45) is -1.56. The summed E-state index contributed by atoms with van der Waals surface area (Å²) in [5.74, 6) is -4.51. The number of rotatable bonds is 2. The number of aryl methyl sites for hydroxylation is 1. The number of hydrogen-bond acceptors (Lipinski definition) is 1. The first-order chi connectivity index (χ1) is 8.91. The van der Waals surface area contributed by atoms with Gasteiger partial charge < -0.3 is 5.11 Å². The van der Waals surface area contributed by atoms with E-state index in [2.05, 4.69) is 0 Å². The van der Waals surface area contributed by atoms with Gasteiger partial charge in [-0.3, -0.25) is 0 Å². The second kappa shape index (κ2) is 5.01. The first-order valence-corrected chi connectivity index (χ1v) is 5.49. The van der Waals surface area contributed by atoms with Gasteiger partial charge in [-0.15, -0.1) is 0 Å². The topological polar surface area (TPSA) is 20.2 Å². The molecule has 0 fully saturated rings. The van der Waals surface area contributed by atoms with Crippen LogP contribution < -0.4 is 0 Å². The Morgan fingerprint density at radius 3 is 2.21 bits per heavy atom. The minimum absolute atomic E-state index is 0.0546. The third kappa shape index (κ3) is 2.46. The van der Waals surface area contributed by atoms with Gasteiger partial charge in [0.1, 0.15) is 6.10 Å². The quantitative estimate of drug-likeness (QED) is 0.826. The first-order valence-electron chi connectivity index (χ1n) is 5.49. The van der Waals surface area contributed by atoms with E-state index in [0.29, 0.717) is 0 Å². The van der Waals surface area contributed by atoms with Crippen LogP contribution in [0.1, 0.15) is 22.8 Å². The molecule has 2 aromatic rings. The summed E-state index contributed by atoms with van der Waals surface area (Å²) >= 11 is 0. The van der Waals surface area contributed by atoms with Crippen LogP contribution >= 0.6 is 0 Å². The van der Waals surface area contributed by atoms with Crippen molar-refractivity contribution in [1.29, 1.82) is 0 Å². The fourth-order valence-corrected chi connectivity index (χ4v) is 1.73. The van der Waals surface area contributed by atoms with E-state index in [1.807, 2.05) is 0 Å². The number of halogens is 4. The fourth-order valence-electron chi connectivity index (χ4n) is 1.73. The molecule has 0 amide bonds. The Balaban J connectivity index is 2.47. The zero-order chi connectivity index (χ0) is 14.2. The SMILES string of the molecule is Cc1ccc(C(O)c2ccc(F)c(F)c2)c(F)c1F. The Hall–Kier alpha value is -1.88. The van der Waals surface area contributed by atoms with Gasteiger partial charge in [0, 0.05) is 5.56 Å². The Kier molecular flexibility index (Phi) is 3.57. The fraction of sp³-hybridized carbons (Fsp3) is 0.143. The van der Waals surface area contributed by atoms with E-state index in [4.69, 9.17) is 0 Å². The Labute approximate surface area is 107 Å². The van der Waals surface area contributed by atoms with Gasteiger partial charge in [0.2, 0.25) is 0 Å². The summed E-state index contributed by atoms with van der Waals surface area (Å²) in [4.78, 5) is 0. The molecule has 2 aromatic carbocycles. The van der Waals surface area contributed by atoms with E-state index in [9.17, 15) is 22.7 Å². The smallest absolute Gasteiger partial charge is 0.165 e. The third-order valence-electron chi connectivity index (χ3n) is 2.86. The number of aliphatic hydroxyl groups excluding tert-OH is 1. The van der Waals surface area contributed by atoms with Gasteiger partial charge in [0.15, 0.2) is 23.3 Å². The average molecular weight is 270 g/mol. The van der Waals surface area contributed by atoms with Gasteiger partial charge in [-0.05, 0) is 30.2 Å². The highest BCUT2D eigenvalue weighted by atomic mass is 19.2. The molecule has 0 saturated heterocycles. The van der Waals surface area contributed by atoms with Crippen molar-refractivity contribution in [2.45, 2.75) is 13.0 Å². The van der Waals surface area contributed by atoms with Crippen molar-refractivity contribution in [1.82, 2.24) is 0 Å². The second-order valence-corrected chi connectivity index (χ2v) is 4.18. The first kappa shape index (κ1) is 13.5. The predicted octanol–water partition coefficient (Wildman–Crippen LogP) is 3.63. The van der Waals surface area contributed by atoms with Crippen LogP contribution in [0.15, 0.2) is 30.3 Å². The Morgan fingerprint density at radius 2 is 1.58 bits per heavy atom. The zero-order valence-electron chi connectivity index (χ0n) is 9.92. The maximum atomic E-state index is 13.7. The van der Waals surface area contributed by atoms with Crippen molar-refractivity contribution in [2.24, 2.45) is 0 Å². The summed E-state index contributed by atoms with van der Waals surface area (Å²) in [6.45, 7) is 1.38. The highest BCUT2D eigenvalue weighted by molar-refractivity contribution is 5.34. The van der Waals surface area contributed by atoms with E-state index in [0.717, 1.165) is 18.2 Å². The lowest BCUT2D eigenvalue weighted by atomic mass is 9.99. The zero-order valence-corrected chi connectivity index (χ0v) is 9.92. The van der Waals surface area contributed by atoms with Gasteiger partial charge in [-0.2, -0.15) is 0 Å². The number of benzene rings is 2. The molecular weight excluding hydrogens is 260 g/mol. The van der Waals surface area contributed by atoms with Crippen LogP contribution in [0.2, 0.25) is 0 Å². The third-order valence-corrected chi connectivity index (χ3v) is 2.86. The van der Waals surface area contributed by atoms with E-state index in [1.54, 1.807) is 0 Å². The molecule has 2 rings (SSSR count). The predicted molar refractivity (Wildman–Crippen MR) is 61.5 cm³/mol. The summed E-state index contributed by atoms with van der Waals surface area (Å²) < 4.78 is 52.9. The molecule has 0 heterocycles. The Morgan fingerprint density at radius 1 is 0.895 bits per heavy atom. The van der Waals surface area contributed by atoms with Crippen LogP contribution in [0.4, 0.5) is 17.6 Å². The highest BCUT2D eigenvalue weighted by Crippen LogP contribution is 2.27. The molecule has 1 N–H and O–H groups in total. The molecule has 1 atom stereocenters. The van der Waals surface area contributed by atoms with Crippen LogP contribution in [0.3, 0.4) is 0 Å². The van der Waals surface area contributed by atoms with Crippen molar-refractivity contribution >= 4 is 0 Å².